The van der Waals surface area contributed by atoms with Gasteiger partial charge in [-0.1, -0.05) is 6.08 Å². The Morgan fingerprint density at radius 2 is 1.73 bits per heavy atom. The van der Waals surface area contributed by atoms with Crippen molar-refractivity contribution < 1.29 is 34.3 Å². The minimum absolute atomic E-state index is 0.114. The fourth-order valence-electron chi connectivity index (χ4n) is 0.497. The fourth-order valence-corrected chi connectivity index (χ4v) is 0.497. The van der Waals surface area contributed by atoms with Gasteiger partial charge >= 0.3 is 13.8 Å². The third-order valence-corrected chi connectivity index (χ3v) is 1.15. The lowest BCUT2D eigenvalue weighted by atomic mass is 10.2. The Kier molecular flexibility index (Phi) is 9.55. The van der Waals surface area contributed by atoms with E-state index in [0.29, 0.717) is 18.4 Å². The van der Waals surface area contributed by atoms with Gasteiger partial charge in [0.2, 0.25) is 0 Å². The number of unbranched alkanes of at least 4 members (excludes halogenated alkanes) is 1. The smallest absolute Gasteiger partial charge is 0.466 e. The van der Waals surface area contributed by atoms with Gasteiger partial charge in [0, 0.05) is 12.2 Å². The summed E-state index contributed by atoms with van der Waals surface area (Å²) in [6, 6.07) is 0. The lowest BCUT2D eigenvalue weighted by Gasteiger charge is -1.91. The highest BCUT2D eigenvalue weighted by Gasteiger charge is 2.00. The fraction of sp³-hybridized carbons (Fsp3) is 0.571. The Labute approximate surface area is 86.9 Å². The molecule has 90 valence electrons. The van der Waals surface area contributed by atoms with Crippen molar-refractivity contribution in [2.24, 2.45) is 0 Å². The molecule has 0 spiro atoms. The number of allylic oxidation sites excluding steroid dienone is 1. The van der Waals surface area contributed by atoms with E-state index in [-0.39, 0.29) is 6.61 Å². The molecule has 0 saturated heterocycles. The lowest BCUT2D eigenvalue weighted by molar-refractivity contribution is -0.132. The van der Waals surface area contributed by atoms with E-state index in [0.717, 1.165) is 0 Å². The Morgan fingerprint density at radius 3 is 2.00 bits per heavy atom. The molecular formula is C7H15O7P. The van der Waals surface area contributed by atoms with Crippen LogP contribution in [0.1, 0.15) is 19.8 Å². The Hall–Kier alpha value is -0.720. The van der Waals surface area contributed by atoms with Crippen LogP contribution in [0.3, 0.4) is 0 Å². The summed E-state index contributed by atoms with van der Waals surface area (Å²) in [6.07, 6.45) is 2.87. The molecule has 0 radical (unpaired) electrons. The molecule has 0 aromatic carbocycles. The van der Waals surface area contributed by atoms with Gasteiger partial charge in [0.15, 0.2) is 0 Å². The van der Waals surface area contributed by atoms with Gasteiger partial charge in [0.1, 0.15) is 0 Å². The normalized spacial score (nSPS) is 11.7. The van der Waals surface area contributed by atoms with Crippen LogP contribution in [0.5, 0.6) is 0 Å². The second-order valence-corrected chi connectivity index (χ2v) is 3.60. The molecule has 5 N–H and O–H groups in total. The summed E-state index contributed by atoms with van der Waals surface area (Å²) in [4.78, 5) is 31.7. The maximum absolute atomic E-state index is 10.2. The number of carboxylic acids is 1. The molecule has 8 heteroatoms. The van der Waals surface area contributed by atoms with E-state index >= 15 is 0 Å². The van der Waals surface area contributed by atoms with Gasteiger partial charge < -0.3 is 24.9 Å². The molecule has 0 rings (SSSR count). The maximum atomic E-state index is 10.2. The Bertz CT molecular complexity index is 246. The van der Waals surface area contributed by atoms with Crippen LogP contribution < -0.4 is 0 Å². The highest BCUT2D eigenvalue weighted by Crippen LogP contribution is 2.25. The first-order chi connectivity index (χ1) is 6.68. The van der Waals surface area contributed by atoms with Gasteiger partial charge in [0.05, 0.1) is 0 Å². The molecule has 15 heavy (non-hydrogen) atoms. The van der Waals surface area contributed by atoms with E-state index in [4.69, 9.17) is 29.5 Å². The summed E-state index contributed by atoms with van der Waals surface area (Å²) >= 11 is 0. The average Bonchev–Trinajstić information content (AvgIpc) is 2.01. The summed E-state index contributed by atoms with van der Waals surface area (Å²) in [7, 11) is -4.64. The molecule has 0 fully saturated rings. The molecule has 0 bridgehead atoms. The van der Waals surface area contributed by atoms with Crippen molar-refractivity contribution in [2.75, 3.05) is 6.61 Å². The molecule has 0 atom stereocenters. The predicted molar refractivity (Wildman–Crippen MR) is 52.0 cm³/mol. The molecule has 0 aromatic heterocycles. The van der Waals surface area contributed by atoms with E-state index in [1.165, 1.54) is 0 Å². The number of aliphatic hydroxyl groups is 1. The van der Waals surface area contributed by atoms with Crippen molar-refractivity contribution in [3.63, 3.8) is 0 Å². The number of hydrogen-bond donors (Lipinski definition) is 5. The van der Waals surface area contributed by atoms with E-state index < -0.39 is 13.8 Å². The van der Waals surface area contributed by atoms with Crippen LogP contribution in [0, 0.1) is 0 Å². The second-order valence-electron chi connectivity index (χ2n) is 2.57. The molecule has 0 aromatic rings. The van der Waals surface area contributed by atoms with E-state index in [9.17, 15) is 4.79 Å². The largest absolute Gasteiger partial charge is 0.478 e. The number of aliphatic hydroxyl groups excluding tert-OH is 1. The van der Waals surface area contributed by atoms with Crippen molar-refractivity contribution in [2.45, 2.75) is 19.8 Å². The van der Waals surface area contributed by atoms with Crippen molar-refractivity contribution in [1.29, 1.82) is 0 Å². The van der Waals surface area contributed by atoms with Gasteiger partial charge in [-0.2, -0.15) is 0 Å². The second kappa shape index (κ2) is 8.58. The molecular weight excluding hydrogens is 227 g/mol. The molecule has 0 unspecified atom stereocenters. The Morgan fingerprint density at radius 1 is 1.33 bits per heavy atom. The van der Waals surface area contributed by atoms with Crippen molar-refractivity contribution in [1.82, 2.24) is 0 Å². The third kappa shape index (κ3) is 24.6. The molecule has 0 aliphatic carbocycles. The minimum Gasteiger partial charge on any atom is -0.478 e. The zero-order chi connectivity index (χ0) is 12.5. The number of phosphoric acid groups is 1. The van der Waals surface area contributed by atoms with Crippen LogP contribution in [-0.4, -0.2) is 37.5 Å². The topological polar surface area (TPSA) is 135 Å². The van der Waals surface area contributed by atoms with Crippen molar-refractivity contribution in [3.8, 4) is 0 Å². The summed E-state index contributed by atoms with van der Waals surface area (Å²) in [5.74, 6) is -0.891. The summed E-state index contributed by atoms with van der Waals surface area (Å²) in [6.45, 7) is 1.66. The molecule has 0 aliphatic heterocycles. The van der Waals surface area contributed by atoms with Crippen LogP contribution in [0.2, 0.25) is 0 Å². The number of hydrogen-bond acceptors (Lipinski definition) is 3. The monoisotopic (exact) mass is 242 g/mol. The summed E-state index contributed by atoms with van der Waals surface area (Å²) < 4.78 is 8.88. The van der Waals surface area contributed by atoms with Crippen molar-refractivity contribution in [3.05, 3.63) is 11.6 Å². The Balaban J connectivity index is 0. The zero-order valence-electron chi connectivity index (χ0n) is 8.20. The quantitative estimate of drug-likeness (QED) is 0.263. The standard InChI is InChI=1S/C7H12O3.H3O4P/c1-6(7(9)10)4-2-3-5-8;1-5(2,3)4/h4,8H,2-3,5H2,1H3,(H,9,10);(H3,1,2,3,4). The highest BCUT2D eigenvalue weighted by molar-refractivity contribution is 7.45. The number of aliphatic carboxylic acids is 1. The molecule has 7 nitrogen and oxygen atoms in total. The van der Waals surface area contributed by atoms with Gasteiger partial charge in [-0.25, -0.2) is 9.36 Å². The van der Waals surface area contributed by atoms with Gasteiger partial charge in [-0.3, -0.25) is 0 Å². The zero-order valence-corrected chi connectivity index (χ0v) is 9.09. The van der Waals surface area contributed by atoms with Crippen LogP contribution in [0.25, 0.3) is 0 Å². The first-order valence-electron chi connectivity index (χ1n) is 3.97. The van der Waals surface area contributed by atoms with Crippen LogP contribution in [-0.2, 0) is 9.36 Å². The van der Waals surface area contributed by atoms with Gasteiger partial charge in [-0.15, -0.1) is 0 Å². The molecule has 0 heterocycles. The molecule has 0 amide bonds. The minimum atomic E-state index is -4.64. The van der Waals surface area contributed by atoms with Crippen molar-refractivity contribution >= 4 is 13.8 Å². The van der Waals surface area contributed by atoms with Gasteiger partial charge in [-0.05, 0) is 19.8 Å². The molecule has 0 aliphatic rings. The molecule has 0 saturated carbocycles. The maximum Gasteiger partial charge on any atom is 0.466 e. The average molecular weight is 242 g/mol. The van der Waals surface area contributed by atoms with E-state index in [2.05, 4.69) is 0 Å². The number of carbonyl (C=O) groups is 1. The highest BCUT2D eigenvalue weighted by atomic mass is 31.2. The lowest BCUT2D eigenvalue weighted by Crippen LogP contribution is -1.95. The first-order valence-corrected chi connectivity index (χ1v) is 5.54. The number of rotatable bonds is 4. The number of carboxylic acid groups (broad SMARTS) is 1. The van der Waals surface area contributed by atoms with E-state index in [1.807, 2.05) is 0 Å². The van der Waals surface area contributed by atoms with Crippen LogP contribution in [0.4, 0.5) is 0 Å². The van der Waals surface area contributed by atoms with Gasteiger partial charge in [0.25, 0.3) is 0 Å². The SMILES string of the molecule is CC(=CCCCO)C(=O)O.O=P(O)(O)O. The summed E-state index contributed by atoms with van der Waals surface area (Å²) in [5, 5.41) is 16.7. The van der Waals surface area contributed by atoms with Crippen LogP contribution >= 0.6 is 7.82 Å². The third-order valence-electron chi connectivity index (χ3n) is 1.15. The predicted octanol–water partition coefficient (Wildman–Crippen LogP) is -0.139. The first kappa shape index (κ1) is 16.7. The summed E-state index contributed by atoms with van der Waals surface area (Å²) in [5.41, 5.74) is 0.341. The van der Waals surface area contributed by atoms with E-state index in [1.54, 1.807) is 13.0 Å². The van der Waals surface area contributed by atoms with Crippen LogP contribution in [0.15, 0.2) is 11.6 Å².